The first-order valence-corrected chi connectivity index (χ1v) is 4.07. The molecule has 0 bridgehead atoms. The van der Waals surface area contributed by atoms with Crippen LogP contribution in [-0.2, 0) is 0 Å². The Bertz CT molecular complexity index is 336. The molecule has 0 spiro atoms. The van der Waals surface area contributed by atoms with Gasteiger partial charge in [-0.25, -0.2) is 9.67 Å². The molecule has 1 radical (unpaired) electrons. The Kier molecular flexibility index (Phi) is 1.47. The fraction of sp³-hybridized carbons (Fsp3) is 0. The highest BCUT2D eigenvalue weighted by Crippen LogP contribution is 2.08. The van der Waals surface area contributed by atoms with Crippen molar-refractivity contribution in [2.45, 2.75) is 0 Å². The van der Waals surface area contributed by atoms with E-state index in [9.17, 15) is 0 Å². The lowest BCUT2D eigenvalue weighted by molar-refractivity contribution is 0.839. The minimum Gasteiger partial charge on any atom is -0.226 e. The van der Waals surface area contributed by atoms with Gasteiger partial charge in [-0.3, -0.25) is 0 Å². The average Bonchev–Trinajstić information content (AvgIpc) is 2.55. The Labute approximate surface area is 68.3 Å². The van der Waals surface area contributed by atoms with Gasteiger partial charge in [-0.15, -0.1) is 11.3 Å². The third-order valence-electron chi connectivity index (χ3n) is 1.36. The SMILES string of the molecule is [CH2]c1ccnn1-c1cscn1. The number of rotatable bonds is 1. The second kappa shape index (κ2) is 2.47. The fourth-order valence-corrected chi connectivity index (χ4v) is 1.36. The van der Waals surface area contributed by atoms with Crippen molar-refractivity contribution >= 4 is 11.3 Å². The van der Waals surface area contributed by atoms with Gasteiger partial charge in [-0.2, -0.15) is 5.10 Å². The minimum absolute atomic E-state index is 0.838. The summed E-state index contributed by atoms with van der Waals surface area (Å²) in [5, 5.41) is 5.99. The van der Waals surface area contributed by atoms with Crippen LogP contribution < -0.4 is 0 Å². The van der Waals surface area contributed by atoms with Crippen LogP contribution in [0.4, 0.5) is 0 Å². The van der Waals surface area contributed by atoms with Gasteiger partial charge in [-0.1, -0.05) is 0 Å². The molecule has 0 atom stereocenters. The van der Waals surface area contributed by atoms with Crippen LogP contribution in [0.15, 0.2) is 23.2 Å². The van der Waals surface area contributed by atoms with Crippen molar-refractivity contribution in [3.63, 3.8) is 0 Å². The molecule has 0 N–H and O–H groups in total. The van der Waals surface area contributed by atoms with Crippen LogP contribution in [-0.4, -0.2) is 14.8 Å². The van der Waals surface area contributed by atoms with Crippen molar-refractivity contribution in [2.75, 3.05) is 0 Å². The molecule has 0 saturated carbocycles. The molecular formula is C7H6N3S. The third kappa shape index (κ3) is 1.05. The number of hydrogen-bond donors (Lipinski definition) is 0. The monoisotopic (exact) mass is 164 g/mol. The average molecular weight is 164 g/mol. The minimum atomic E-state index is 0.838. The fourth-order valence-electron chi connectivity index (χ4n) is 0.848. The van der Waals surface area contributed by atoms with E-state index in [1.807, 2.05) is 11.4 Å². The van der Waals surface area contributed by atoms with Gasteiger partial charge in [0, 0.05) is 17.3 Å². The van der Waals surface area contributed by atoms with Crippen molar-refractivity contribution in [2.24, 2.45) is 0 Å². The van der Waals surface area contributed by atoms with E-state index in [0.29, 0.717) is 0 Å². The van der Waals surface area contributed by atoms with E-state index in [0.717, 1.165) is 11.5 Å². The summed E-state index contributed by atoms with van der Waals surface area (Å²) in [4.78, 5) is 4.10. The molecule has 2 rings (SSSR count). The highest BCUT2D eigenvalue weighted by Gasteiger charge is 2.00. The summed E-state index contributed by atoms with van der Waals surface area (Å²) in [5.74, 6) is 0.838. The van der Waals surface area contributed by atoms with E-state index in [-0.39, 0.29) is 0 Å². The molecule has 0 amide bonds. The molecule has 0 unspecified atom stereocenters. The highest BCUT2D eigenvalue weighted by atomic mass is 32.1. The number of hydrogen-bond acceptors (Lipinski definition) is 3. The Balaban J connectivity index is 2.53. The zero-order chi connectivity index (χ0) is 7.68. The zero-order valence-electron chi connectivity index (χ0n) is 5.77. The van der Waals surface area contributed by atoms with Gasteiger partial charge >= 0.3 is 0 Å². The van der Waals surface area contributed by atoms with E-state index in [1.165, 1.54) is 0 Å². The largest absolute Gasteiger partial charge is 0.226 e. The second-order valence-electron chi connectivity index (χ2n) is 2.08. The Hall–Kier alpha value is -1.16. The molecule has 0 saturated heterocycles. The lowest BCUT2D eigenvalue weighted by Crippen LogP contribution is -1.97. The van der Waals surface area contributed by atoms with Crippen molar-refractivity contribution in [3.8, 4) is 5.82 Å². The van der Waals surface area contributed by atoms with E-state index in [1.54, 1.807) is 27.7 Å². The number of thiazole rings is 1. The Morgan fingerprint density at radius 2 is 2.45 bits per heavy atom. The molecule has 3 nitrogen and oxygen atoms in total. The van der Waals surface area contributed by atoms with E-state index >= 15 is 0 Å². The summed E-state index contributed by atoms with van der Waals surface area (Å²) in [6.07, 6.45) is 1.71. The van der Waals surface area contributed by atoms with Gasteiger partial charge in [0.1, 0.15) is 0 Å². The molecule has 2 aromatic heterocycles. The normalized spacial score (nSPS) is 10.3. The van der Waals surface area contributed by atoms with Crippen molar-refractivity contribution in [1.82, 2.24) is 14.8 Å². The standard InChI is InChI=1S/C7H6N3S/c1-6-2-3-9-10(6)7-4-11-5-8-7/h2-5H,1H2. The van der Waals surface area contributed by atoms with Gasteiger partial charge in [0.05, 0.1) is 5.51 Å². The summed E-state index contributed by atoms with van der Waals surface area (Å²) in [6.45, 7) is 3.80. The molecule has 55 valence electrons. The summed E-state index contributed by atoms with van der Waals surface area (Å²) >= 11 is 1.55. The van der Waals surface area contributed by atoms with Crippen molar-refractivity contribution in [3.05, 3.63) is 35.8 Å². The molecule has 0 aliphatic rings. The molecule has 2 heterocycles. The number of nitrogens with zero attached hydrogens (tertiary/aromatic N) is 3. The topological polar surface area (TPSA) is 30.7 Å². The van der Waals surface area contributed by atoms with Crippen LogP contribution in [0.3, 0.4) is 0 Å². The van der Waals surface area contributed by atoms with Crippen LogP contribution in [0.5, 0.6) is 0 Å². The lowest BCUT2D eigenvalue weighted by atomic mass is 10.5. The number of aromatic nitrogens is 3. The molecule has 0 aliphatic carbocycles. The lowest BCUT2D eigenvalue weighted by Gasteiger charge is -1.96. The Morgan fingerprint density at radius 3 is 3.00 bits per heavy atom. The summed E-state index contributed by atoms with van der Waals surface area (Å²) in [7, 11) is 0. The van der Waals surface area contributed by atoms with Crippen LogP contribution in [0, 0.1) is 6.92 Å². The zero-order valence-corrected chi connectivity index (χ0v) is 6.58. The van der Waals surface area contributed by atoms with E-state index < -0.39 is 0 Å². The van der Waals surface area contributed by atoms with Crippen molar-refractivity contribution < 1.29 is 0 Å². The summed E-state index contributed by atoms with van der Waals surface area (Å²) < 4.78 is 1.70. The Morgan fingerprint density at radius 1 is 1.55 bits per heavy atom. The summed E-state index contributed by atoms with van der Waals surface area (Å²) in [5.41, 5.74) is 2.63. The smallest absolute Gasteiger partial charge is 0.164 e. The molecule has 0 fully saturated rings. The van der Waals surface area contributed by atoms with Gasteiger partial charge in [-0.05, 0) is 13.0 Å². The van der Waals surface area contributed by atoms with Crippen LogP contribution in [0.25, 0.3) is 5.82 Å². The van der Waals surface area contributed by atoms with Crippen LogP contribution in [0.1, 0.15) is 5.69 Å². The van der Waals surface area contributed by atoms with E-state index in [4.69, 9.17) is 0 Å². The molecule has 11 heavy (non-hydrogen) atoms. The maximum atomic E-state index is 4.10. The molecule has 0 aliphatic heterocycles. The first-order valence-electron chi connectivity index (χ1n) is 3.12. The quantitative estimate of drug-likeness (QED) is 0.639. The van der Waals surface area contributed by atoms with E-state index in [2.05, 4.69) is 17.0 Å². The first kappa shape index (κ1) is 6.54. The first-order chi connectivity index (χ1) is 5.38. The van der Waals surface area contributed by atoms with Crippen LogP contribution >= 0.6 is 11.3 Å². The van der Waals surface area contributed by atoms with Crippen molar-refractivity contribution in [1.29, 1.82) is 0 Å². The molecule has 4 heteroatoms. The molecule has 2 aromatic rings. The second-order valence-corrected chi connectivity index (χ2v) is 2.80. The summed E-state index contributed by atoms with van der Waals surface area (Å²) in [6, 6.07) is 1.85. The predicted molar refractivity (Wildman–Crippen MR) is 43.7 cm³/mol. The molecule has 0 aromatic carbocycles. The highest BCUT2D eigenvalue weighted by molar-refractivity contribution is 7.07. The van der Waals surface area contributed by atoms with Gasteiger partial charge in [0.15, 0.2) is 5.82 Å². The third-order valence-corrected chi connectivity index (χ3v) is 1.93. The van der Waals surface area contributed by atoms with Gasteiger partial charge in [0.2, 0.25) is 0 Å². The van der Waals surface area contributed by atoms with Gasteiger partial charge < -0.3 is 0 Å². The van der Waals surface area contributed by atoms with Crippen LogP contribution in [0.2, 0.25) is 0 Å². The predicted octanol–water partition coefficient (Wildman–Crippen LogP) is 1.51. The van der Waals surface area contributed by atoms with Gasteiger partial charge in [0.25, 0.3) is 0 Å². The maximum absolute atomic E-state index is 4.10. The maximum Gasteiger partial charge on any atom is 0.164 e. The molecular weight excluding hydrogens is 158 g/mol.